The van der Waals surface area contributed by atoms with Crippen LogP contribution in [0, 0.1) is 0 Å². The van der Waals surface area contributed by atoms with E-state index in [1.54, 1.807) is 24.3 Å². The van der Waals surface area contributed by atoms with Crippen LogP contribution in [0.15, 0.2) is 29.1 Å². The van der Waals surface area contributed by atoms with Gasteiger partial charge in [0, 0.05) is 39.3 Å². The first-order valence-corrected chi connectivity index (χ1v) is 10.0. The number of amides is 1. The quantitative estimate of drug-likeness (QED) is 0.786. The summed E-state index contributed by atoms with van der Waals surface area (Å²) in [5, 5.41) is 15.6. The minimum Gasteiger partial charge on any atom is -0.361 e. The summed E-state index contributed by atoms with van der Waals surface area (Å²) in [7, 11) is 3.75. The van der Waals surface area contributed by atoms with Gasteiger partial charge in [0.05, 0.1) is 6.04 Å². The largest absolute Gasteiger partial charge is 0.361 e. The molecule has 2 aromatic heterocycles. The predicted octanol–water partition coefficient (Wildman–Crippen LogP) is 1.47. The van der Waals surface area contributed by atoms with Crippen molar-refractivity contribution in [3.63, 3.8) is 0 Å². The van der Waals surface area contributed by atoms with Crippen molar-refractivity contribution in [1.29, 1.82) is 0 Å². The first kappa shape index (κ1) is 20.8. The fourth-order valence-electron chi connectivity index (χ4n) is 3.44. The number of nitrogens with zero attached hydrogens (tertiary/aromatic N) is 6. The smallest absolute Gasteiger partial charge is 0.271 e. The highest BCUT2D eigenvalue weighted by molar-refractivity contribution is 5.92. The SMILES string of the molecule is CC(C)n1nc(N2CCCCC2CNC(=O)c2ccc(N(C)C)nn2)ccc1=O. The molecule has 9 heteroatoms. The molecule has 1 fully saturated rings. The number of carbonyl (C=O) groups is 1. The van der Waals surface area contributed by atoms with Crippen LogP contribution >= 0.6 is 0 Å². The van der Waals surface area contributed by atoms with Crippen molar-refractivity contribution in [2.75, 3.05) is 37.0 Å². The van der Waals surface area contributed by atoms with Gasteiger partial charge < -0.3 is 15.1 Å². The fourth-order valence-corrected chi connectivity index (χ4v) is 3.44. The van der Waals surface area contributed by atoms with Gasteiger partial charge in [-0.15, -0.1) is 10.2 Å². The second-order valence-electron chi connectivity index (χ2n) is 7.79. The highest BCUT2D eigenvalue weighted by Crippen LogP contribution is 2.22. The molecule has 3 heterocycles. The van der Waals surface area contributed by atoms with Crippen molar-refractivity contribution in [3.8, 4) is 0 Å². The van der Waals surface area contributed by atoms with Crippen LogP contribution in [0.1, 0.15) is 49.6 Å². The first-order valence-electron chi connectivity index (χ1n) is 10.0. The first-order chi connectivity index (χ1) is 13.9. The highest BCUT2D eigenvalue weighted by atomic mass is 16.2. The number of carbonyl (C=O) groups excluding carboxylic acids is 1. The molecule has 1 unspecified atom stereocenters. The van der Waals surface area contributed by atoms with E-state index in [-0.39, 0.29) is 23.6 Å². The molecule has 1 amide bonds. The molecule has 9 nitrogen and oxygen atoms in total. The standard InChI is InChI=1S/C20H29N7O2/c1-14(2)27-19(28)11-10-18(24-27)26-12-6-5-7-15(26)13-21-20(29)16-8-9-17(23-22-16)25(3)4/h8-11,14-15H,5-7,12-13H2,1-4H3,(H,21,29). The molecule has 0 spiro atoms. The molecule has 1 aliphatic rings. The molecule has 1 aliphatic heterocycles. The number of rotatable bonds is 6. The lowest BCUT2D eigenvalue weighted by Crippen LogP contribution is -2.48. The van der Waals surface area contributed by atoms with Crippen LogP contribution in [0.25, 0.3) is 0 Å². The molecular formula is C20H29N7O2. The molecule has 1 saturated heterocycles. The molecule has 0 radical (unpaired) electrons. The Morgan fingerprint density at radius 1 is 1.21 bits per heavy atom. The van der Waals surface area contributed by atoms with E-state index < -0.39 is 0 Å². The summed E-state index contributed by atoms with van der Waals surface area (Å²) in [5.41, 5.74) is 0.190. The number of piperidine rings is 1. The van der Waals surface area contributed by atoms with Crippen LogP contribution in [0.2, 0.25) is 0 Å². The normalized spacial score (nSPS) is 16.7. The van der Waals surface area contributed by atoms with E-state index in [9.17, 15) is 9.59 Å². The zero-order valence-corrected chi connectivity index (χ0v) is 17.5. The summed E-state index contributed by atoms with van der Waals surface area (Å²) in [6.07, 6.45) is 3.11. The van der Waals surface area contributed by atoms with Crippen molar-refractivity contribution >= 4 is 17.5 Å². The second-order valence-corrected chi connectivity index (χ2v) is 7.79. The third-order valence-electron chi connectivity index (χ3n) is 5.06. The number of aromatic nitrogens is 4. The maximum atomic E-state index is 12.5. The topological polar surface area (TPSA) is 96.2 Å². The molecule has 156 valence electrons. The van der Waals surface area contributed by atoms with Gasteiger partial charge in [-0.05, 0) is 51.3 Å². The van der Waals surface area contributed by atoms with Gasteiger partial charge in [0.15, 0.2) is 11.5 Å². The van der Waals surface area contributed by atoms with Crippen LogP contribution in [0.4, 0.5) is 11.6 Å². The van der Waals surface area contributed by atoms with Crippen LogP contribution in [0.3, 0.4) is 0 Å². The molecule has 1 N–H and O–H groups in total. The van der Waals surface area contributed by atoms with Gasteiger partial charge in [0.25, 0.3) is 11.5 Å². The minimum atomic E-state index is -0.242. The molecule has 0 aliphatic carbocycles. The number of hydrogen-bond donors (Lipinski definition) is 1. The summed E-state index contributed by atoms with van der Waals surface area (Å²) >= 11 is 0. The Kier molecular flexibility index (Phi) is 6.46. The lowest BCUT2D eigenvalue weighted by atomic mass is 10.0. The molecule has 0 bridgehead atoms. The third kappa shape index (κ3) is 4.90. The maximum absolute atomic E-state index is 12.5. The van der Waals surface area contributed by atoms with Gasteiger partial charge in [-0.2, -0.15) is 5.10 Å². The summed E-state index contributed by atoms with van der Waals surface area (Å²) < 4.78 is 1.50. The molecule has 2 aromatic rings. The van der Waals surface area contributed by atoms with E-state index in [1.807, 2.05) is 32.8 Å². The zero-order valence-electron chi connectivity index (χ0n) is 17.5. The van der Waals surface area contributed by atoms with E-state index in [0.29, 0.717) is 18.1 Å². The van der Waals surface area contributed by atoms with Gasteiger partial charge in [0.2, 0.25) is 0 Å². The molecule has 0 aromatic carbocycles. The summed E-state index contributed by atoms with van der Waals surface area (Å²) in [4.78, 5) is 28.5. The Hall–Kier alpha value is -2.97. The van der Waals surface area contributed by atoms with Crippen molar-refractivity contribution in [1.82, 2.24) is 25.3 Å². The Balaban J connectivity index is 1.69. The van der Waals surface area contributed by atoms with Crippen LogP contribution in [-0.4, -0.2) is 59.1 Å². The third-order valence-corrected chi connectivity index (χ3v) is 5.06. The van der Waals surface area contributed by atoms with Gasteiger partial charge >= 0.3 is 0 Å². The Bertz CT molecular complexity index is 892. The predicted molar refractivity (Wildman–Crippen MR) is 113 cm³/mol. The van der Waals surface area contributed by atoms with E-state index in [2.05, 4.69) is 25.5 Å². The number of nitrogens with one attached hydrogen (secondary N) is 1. The monoisotopic (exact) mass is 399 g/mol. The number of anilines is 2. The van der Waals surface area contributed by atoms with Crippen molar-refractivity contribution in [2.45, 2.75) is 45.2 Å². The molecule has 1 atom stereocenters. The van der Waals surface area contributed by atoms with E-state index in [0.717, 1.165) is 31.6 Å². The highest BCUT2D eigenvalue weighted by Gasteiger charge is 2.25. The van der Waals surface area contributed by atoms with E-state index >= 15 is 0 Å². The second kappa shape index (κ2) is 9.02. The Morgan fingerprint density at radius 2 is 2.00 bits per heavy atom. The van der Waals surface area contributed by atoms with Gasteiger partial charge in [-0.1, -0.05) is 0 Å². The summed E-state index contributed by atoms with van der Waals surface area (Å²) in [6, 6.07) is 6.90. The van der Waals surface area contributed by atoms with Gasteiger partial charge in [-0.3, -0.25) is 9.59 Å². The Labute approximate surface area is 170 Å². The molecule has 29 heavy (non-hydrogen) atoms. The summed E-state index contributed by atoms with van der Waals surface area (Å²) in [6.45, 7) is 5.21. The average molecular weight is 399 g/mol. The molecule has 3 rings (SSSR count). The van der Waals surface area contributed by atoms with Crippen molar-refractivity contribution in [2.24, 2.45) is 0 Å². The lowest BCUT2D eigenvalue weighted by molar-refractivity contribution is 0.0943. The summed E-state index contributed by atoms with van der Waals surface area (Å²) in [5.74, 6) is 1.23. The molecular weight excluding hydrogens is 370 g/mol. The van der Waals surface area contributed by atoms with Crippen LogP contribution in [-0.2, 0) is 0 Å². The zero-order chi connectivity index (χ0) is 21.0. The number of hydrogen-bond acceptors (Lipinski definition) is 7. The lowest BCUT2D eigenvalue weighted by Gasteiger charge is -2.36. The van der Waals surface area contributed by atoms with Crippen molar-refractivity contribution in [3.05, 3.63) is 40.3 Å². The van der Waals surface area contributed by atoms with Crippen LogP contribution in [0.5, 0.6) is 0 Å². The van der Waals surface area contributed by atoms with Crippen molar-refractivity contribution < 1.29 is 4.79 Å². The maximum Gasteiger partial charge on any atom is 0.271 e. The van der Waals surface area contributed by atoms with Crippen LogP contribution < -0.4 is 20.7 Å². The fraction of sp³-hybridized carbons (Fsp3) is 0.550. The Morgan fingerprint density at radius 3 is 2.66 bits per heavy atom. The van der Waals surface area contributed by atoms with E-state index in [1.165, 1.54) is 4.68 Å². The average Bonchev–Trinajstić information content (AvgIpc) is 2.72. The van der Waals surface area contributed by atoms with E-state index in [4.69, 9.17) is 0 Å². The van der Waals surface area contributed by atoms with Gasteiger partial charge in [0.1, 0.15) is 5.82 Å². The van der Waals surface area contributed by atoms with Gasteiger partial charge in [-0.25, -0.2) is 4.68 Å². The molecule has 0 saturated carbocycles. The minimum absolute atomic E-state index is 0.00546.